The lowest BCUT2D eigenvalue weighted by Crippen LogP contribution is -2.09. The molecule has 0 aliphatic carbocycles. The molecule has 0 aliphatic rings. The van der Waals surface area contributed by atoms with Gasteiger partial charge in [0.2, 0.25) is 5.88 Å². The molecule has 0 unspecified atom stereocenters. The second-order valence-electron chi connectivity index (χ2n) is 6.58. The number of imidazole rings is 1. The normalized spacial score (nSPS) is 11.4. The molecular formula is C19H23N3OS. The van der Waals surface area contributed by atoms with Gasteiger partial charge in [-0.05, 0) is 30.3 Å². The summed E-state index contributed by atoms with van der Waals surface area (Å²) in [6.07, 6.45) is 0. The Morgan fingerprint density at radius 1 is 1.04 bits per heavy atom. The zero-order valence-electron chi connectivity index (χ0n) is 14.7. The van der Waals surface area contributed by atoms with Crippen LogP contribution in [0, 0.1) is 4.77 Å². The SMILES string of the molecule is CC(C)c1c(O)n(-c2ccc(N(C)C)c3ccccc23)c(=S)n1C. The first kappa shape index (κ1) is 16.6. The highest BCUT2D eigenvalue weighted by Crippen LogP contribution is 2.35. The van der Waals surface area contributed by atoms with Crippen molar-refractivity contribution in [3.8, 4) is 11.6 Å². The van der Waals surface area contributed by atoms with E-state index in [0.717, 1.165) is 27.8 Å². The van der Waals surface area contributed by atoms with Crippen LogP contribution in [0.5, 0.6) is 5.88 Å². The fourth-order valence-electron chi connectivity index (χ4n) is 3.32. The maximum Gasteiger partial charge on any atom is 0.218 e. The van der Waals surface area contributed by atoms with Crippen LogP contribution in [-0.4, -0.2) is 28.3 Å². The lowest BCUT2D eigenvalue weighted by atomic mass is 10.1. The molecule has 0 bridgehead atoms. The summed E-state index contributed by atoms with van der Waals surface area (Å²) in [6.45, 7) is 4.11. The zero-order chi connectivity index (χ0) is 17.6. The van der Waals surface area contributed by atoms with Crippen molar-refractivity contribution in [3.63, 3.8) is 0 Å². The molecule has 0 fully saturated rings. The molecule has 0 spiro atoms. The van der Waals surface area contributed by atoms with Gasteiger partial charge < -0.3 is 14.6 Å². The average Bonchev–Trinajstić information content (AvgIpc) is 2.76. The first-order valence-electron chi connectivity index (χ1n) is 8.04. The fraction of sp³-hybridized carbons (Fsp3) is 0.316. The summed E-state index contributed by atoms with van der Waals surface area (Å²) < 4.78 is 4.26. The molecule has 2 aromatic carbocycles. The van der Waals surface area contributed by atoms with Crippen molar-refractivity contribution in [2.45, 2.75) is 19.8 Å². The highest BCUT2D eigenvalue weighted by Gasteiger charge is 2.20. The van der Waals surface area contributed by atoms with E-state index in [0.29, 0.717) is 4.77 Å². The lowest BCUT2D eigenvalue weighted by molar-refractivity contribution is 0.431. The largest absolute Gasteiger partial charge is 0.493 e. The van der Waals surface area contributed by atoms with Gasteiger partial charge in [-0.2, -0.15) is 0 Å². The number of fused-ring (bicyclic) bond motifs is 1. The number of aromatic hydroxyl groups is 1. The maximum atomic E-state index is 10.8. The van der Waals surface area contributed by atoms with Crippen molar-refractivity contribution < 1.29 is 5.11 Å². The van der Waals surface area contributed by atoms with E-state index < -0.39 is 0 Å². The van der Waals surface area contributed by atoms with Crippen molar-refractivity contribution >= 4 is 28.7 Å². The molecule has 0 atom stereocenters. The third-order valence-corrected chi connectivity index (χ3v) is 4.88. The van der Waals surface area contributed by atoms with Crippen LogP contribution in [0.1, 0.15) is 25.5 Å². The summed E-state index contributed by atoms with van der Waals surface area (Å²) in [7, 11) is 5.97. The summed E-state index contributed by atoms with van der Waals surface area (Å²) in [5.74, 6) is 0.408. The van der Waals surface area contributed by atoms with Crippen LogP contribution in [0.15, 0.2) is 36.4 Å². The van der Waals surface area contributed by atoms with Gasteiger partial charge in [-0.3, -0.25) is 4.57 Å². The first-order valence-corrected chi connectivity index (χ1v) is 8.45. The van der Waals surface area contributed by atoms with Crippen molar-refractivity contribution in [2.75, 3.05) is 19.0 Å². The minimum Gasteiger partial charge on any atom is -0.493 e. The van der Waals surface area contributed by atoms with Crippen LogP contribution < -0.4 is 4.90 Å². The Labute approximate surface area is 147 Å². The molecule has 0 saturated carbocycles. The van der Waals surface area contributed by atoms with Crippen molar-refractivity contribution in [1.82, 2.24) is 9.13 Å². The monoisotopic (exact) mass is 341 g/mol. The average molecular weight is 341 g/mol. The summed E-state index contributed by atoms with van der Waals surface area (Å²) in [6, 6.07) is 12.3. The van der Waals surface area contributed by atoms with E-state index in [4.69, 9.17) is 12.2 Å². The van der Waals surface area contributed by atoms with Gasteiger partial charge >= 0.3 is 0 Å². The molecule has 1 heterocycles. The third-order valence-electron chi connectivity index (χ3n) is 4.43. The van der Waals surface area contributed by atoms with E-state index in [9.17, 15) is 5.11 Å². The predicted molar refractivity (Wildman–Crippen MR) is 103 cm³/mol. The molecular weight excluding hydrogens is 318 g/mol. The van der Waals surface area contributed by atoms with Gasteiger partial charge in [0.25, 0.3) is 0 Å². The molecule has 4 nitrogen and oxygen atoms in total. The Hall–Kier alpha value is -2.27. The van der Waals surface area contributed by atoms with E-state index in [2.05, 4.69) is 36.9 Å². The zero-order valence-corrected chi connectivity index (χ0v) is 15.6. The second kappa shape index (κ2) is 5.98. The number of hydrogen-bond donors (Lipinski definition) is 1. The number of nitrogens with zero attached hydrogens (tertiary/aromatic N) is 3. The molecule has 1 aromatic heterocycles. The van der Waals surface area contributed by atoms with E-state index in [1.165, 1.54) is 0 Å². The molecule has 126 valence electrons. The van der Waals surface area contributed by atoms with Crippen LogP contribution in [-0.2, 0) is 7.05 Å². The van der Waals surface area contributed by atoms with E-state index in [1.807, 2.05) is 43.9 Å². The minimum atomic E-state index is 0.185. The molecule has 1 N–H and O–H groups in total. The molecule has 3 rings (SSSR count). The number of anilines is 1. The number of rotatable bonds is 3. The molecule has 0 amide bonds. The predicted octanol–water partition coefficient (Wildman–Crippen LogP) is 4.59. The van der Waals surface area contributed by atoms with Crippen molar-refractivity contribution in [3.05, 3.63) is 46.9 Å². The summed E-state index contributed by atoms with van der Waals surface area (Å²) in [5, 5.41) is 13.0. The number of benzene rings is 2. The summed E-state index contributed by atoms with van der Waals surface area (Å²) in [4.78, 5) is 2.09. The van der Waals surface area contributed by atoms with E-state index in [-0.39, 0.29) is 11.8 Å². The molecule has 0 radical (unpaired) electrons. The van der Waals surface area contributed by atoms with Crippen molar-refractivity contribution in [2.24, 2.45) is 7.05 Å². The quantitative estimate of drug-likeness (QED) is 0.707. The van der Waals surface area contributed by atoms with Crippen LogP contribution >= 0.6 is 12.2 Å². The lowest BCUT2D eigenvalue weighted by Gasteiger charge is -2.18. The first-order chi connectivity index (χ1) is 11.3. The van der Waals surface area contributed by atoms with E-state index >= 15 is 0 Å². The van der Waals surface area contributed by atoms with Gasteiger partial charge in [0, 0.05) is 37.6 Å². The Kier molecular flexibility index (Phi) is 4.13. The van der Waals surface area contributed by atoms with Crippen molar-refractivity contribution in [1.29, 1.82) is 0 Å². The smallest absolute Gasteiger partial charge is 0.218 e. The molecule has 0 saturated heterocycles. The maximum absolute atomic E-state index is 10.8. The Bertz CT molecular complexity index is 967. The van der Waals surface area contributed by atoms with Gasteiger partial charge in [0.15, 0.2) is 4.77 Å². The van der Waals surface area contributed by atoms with Gasteiger partial charge in [-0.15, -0.1) is 0 Å². The Morgan fingerprint density at radius 3 is 2.21 bits per heavy atom. The Balaban J connectivity index is 2.39. The van der Waals surface area contributed by atoms with Gasteiger partial charge in [0.1, 0.15) is 0 Å². The van der Waals surface area contributed by atoms with Crippen LogP contribution in [0.3, 0.4) is 0 Å². The Morgan fingerprint density at radius 2 is 1.67 bits per heavy atom. The highest BCUT2D eigenvalue weighted by molar-refractivity contribution is 7.71. The third kappa shape index (κ3) is 2.40. The summed E-state index contributed by atoms with van der Waals surface area (Å²) in [5.41, 5.74) is 2.89. The fourth-order valence-corrected chi connectivity index (χ4v) is 3.61. The van der Waals surface area contributed by atoms with E-state index in [1.54, 1.807) is 4.57 Å². The van der Waals surface area contributed by atoms with Crippen LogP contribution in [0.4, 0.5) is 5.69 Å². The summed E-state index contributed by atoms with van der Waals surface area (Å²) >= 11 is 5.61. The second-order valence-corrected chi connectivity index (χ2v) is 6.95. The molecule has 24 heavy (non-hydrogen) atoms. The number of aromatic nitrogens is 2. The highest BCUT2D eigenvalue weighted by atomic mass is 32.1. The minimum absolute atomic E-state index is 0.185. The van der Waals surface area contributed by atoms with Gasteiger partial charge in [-0.25, -0.2) is 0 Å². The standard InChI is InChI=1S/C19H23N3OS/c1-12(2)17-18(23)22(19(24)21(17)5)16-11-10-15(20(3)4)13-8-6-7-9-14(13)16/h6-12,23H,1-5H3. The number of hydrogen-bond acceptors (Lipinski definition) is 3. The molecule has 5 heteroatoms. The van der Waals surface area contributed by atoms with Gasteiger partial charge in [-0.1, -0.05) is 38.1 Å². The molecule has 3 aromatic rings. The van der Waals surface area contributed by atoms with Gasteiger partial charge in [0.05, 0.1) is 11.4 Å². The molecule has 0 aliphatic heterocycles. The topological polar surface area (TPSA) is 33.3 Å². The van der Waals surface area contributed by atoms with Crippen LogP contribution in [0.2, 0.25) is 0 Å². The van der Waals surface area contributed by atoms with Crippen LogP contribution in [0.25, 0.3) is 16.5 Å².